The molecule has 8 heteroatoms. The number of phosphoric ester groups is 1. The van der Waals surface area contributed by atoms with E-state index in [4.69, 9.17) is 13.7 Å². The number of carbonyl (C=O) groups is 1. The Kier molecular flexibility index (Phi) is 1.62. The molecule has 3 aliphatic heterocycles. The molecule has 13 heavy (non-hydrogen) atoms. The van der Waals surface area contributed by atoms with Gasteiger partial charge in [0.2, 0.25) is 0 Å². The first-order chi connectivity index (χ1) is 5.90. The average Bonchev–Trinajstić information content (AvgIpc) is 2.33. The number of hydroxylamine groups is 2. The molecular weight excluding hydrogens is 199 g/mol. The zero-order chi connectivity index (χ0) is 9.85. The third kappa shape index (κ3) is 0.992. The summed E-state index contributed by atoms with van der Waals surface area (Å²) in [5.41, 5.74) is 0. The Balaban J connectivity index is 2.26. The van der Waals surface area contributed by atoms with Crippen LogP contribution in [0.1, 0.15) is 0 Å². The lowest BCUT2D eigenvalue weighted by molar-refractivity contribution is -0.259. The highest BCUT2D eigenvalue weighted by Crippen LogP contribution is 2.73. The van der Waals surface area contributed by atoms with Gasteiger partial charge in [0.1, 0.15) is 0 Å². The zero-order valence-electron chi connectivity index (χ0n) is 7.38. The van der Waals surface area contributed by atoms with E-state index in [1.807, 2.05) is 0 Å². The van der Waals surface area contributed by atoms with Crippen molar-refractivity contribution in [3.8, 4) is 0 Å². The molecule has 0 atom stereocenters. The van der Waals surface area contributed by atoms with Gasteiger partial charge in [-0.15, -0.1) is 5.06 Å². The SMILES string of the molecule is CN(C)C(=O)C12OP(=O)(ON1C)O2. The van der Waals surface area contributed by atoms with Crippen LogP contribution in [0.3, 0.4) is 0 Å². The van der Waals surface area contributed by atoms with Crippen LogP contribution in [0.15, 0.2) is 0 Å². The fourth-order valence-corrected chi connectivity index (χ4v) is 2.64. The Labute approximate surface area is 74.7 Å². The van der Waals surface area contributed by atoms with Crippen molar-refractivity contribution in [3.63, 3.8) is 0 Å². The molecule has 0 unspecified atom stereocenters. The van der Waals surface area contributed by atoms with Crippen molar-refractivity contribution in [2.75, 3.05) is 21.1 Å². The summed E-state index contributed by atoms with van der Waals surface area (Å²) in [5.74, 6) is -2.09. The van der Waals surface area contributed by atoms with Crippen LogP contribution in [-0.4, -0.2) is 42.9 Å². The Morgan fingerprint density at radius 1 is 1.46 bits per heavy atom. The third-order valence-electron chi connectivity index (χ3n) is 1.78. The van der Waals surface area contributed by atoms with Gasteiger partial charge in [0.15, 0.2) is 0 Å². The van der Waals surface area contributed by atoms with Crippen molar-refractivity contribution in [3.05, 3.63) is 0 Å². The number of amides is 1. The van der Waals surface area contributed by atoms with Gasteiger partial charge in [0, 0.05) is 21.1 Å². The Bertz CT molecular complexity index is 306. The van der Waals surface area contributed by atoms with Gasteiger partial charge in [-0.05, 0) is 0 Å². The van der Waals surface area contributed by atoms with Crippen molar-refractivity contribution in [1.29, 1.82) is 0 Å². The maximum absolute atomic E-state index is 11.5. The van der Waals surface area contributed by atoms with Gasteiger partial charge in [-0.1, -0.05) is 0 Å². The molecule has 74 valence electrons. The maximum Gasteiger partial charge on any atom is 0.499 e. The summed E-state index contributed by atoms with van der Waals surface area (Å²) < 4.78 is 25.5. The predicted octanol–water partition coefficient (Wildman–Crippen LogP) is -0.240. The van der Waals surface area contributed by atoms with Gasteiger partial charge in [-0.3, -0.25) is 4.79 Å². The summed E-state index contributed by atoms with van der Waals surface area (Å²) in [6.45, 7) is 0. The number of likely N-dealkylation sites (N-methyl/N-ethyl adjacent to an activating group) is 2. The van der Waals surface area contributed by atoms with Gasteiger partial charge in [0.25, 0.3) is 0 Å². The largest absolute Gasteiger partial charge is 0.499 e. The second kappa shape index (κ2) is 2.31. The monoisotopic (exact) mass is 208 g/mol. The van der Waals surface area contributed by atoms with E-state index in [9.17, 15) is 9.36 Å². The molecule has 3 heterocycles. The number of hydrogen-bond donors (Lipinski definition) is 0. The molecule has 0 N–H and O–H groups in total. The van der Waals surface area contributed by atoms with Gasteiger partial charge >= 0.3 is 19.6 Å². The smallest absolute Gasteiger partial charge is 0.343 e. The minimum absolute atomic E-state index is 0.459. The highest BCUT2D eigenvalue weighted by Gasteiger charge is 2.74. The Hall–Kier alpha value is -0.460. The van der Waals surface area contributed by atoms with Crippen LogP contribution in [0.5, 0.6) is 0 Å². The molecule has 3 fully saturated rings. The van der Waals surface area contributed by atoms with E-state index in [2.05, 4.69) is 0 Å². The summed E-state index contributed by atoms with van der Waals surface area (Å²) in [7, 11) is 1.07. The number of nitrogens with zero attached hydrogens (tertiary/aromatic N) is 2. The van der Waals surface area contributed by atoms with Crippen LogP contribution in [0, 0.1) is 0 Å². The fourth-order valence-electron chi connectivity index (χ4n) is 1.16. The van der Waals surface area contributed by atoms with E-state index in [1.54, 1.807) is 14.1 Å². The van der Waals surface area contributed by atoms with Crippen molar-refractivity contribution in [2.45, 2.75) is 5.91 Å². The highest BCUT2D eigenvalue weighted by atomic mass is 31.2. The molecule has 0 aromatic carbocycles. The molecule has 3 saturated heterocycles. The Morgan fingerprint density at radius 2 is 2.00 bits per heavy atom. The van der Waals surface area contributed by atoms with Gasteiger partial charge in [0.05, 0.1) is 0 Å². The van der Waals surface area contributed by atoms with Crippen molar-refractivity contribution >= 4 is 13.7 Å². The van der Waals surface area contributed by atoms with Crippen molar-refractivity contribution in [1.82, 2.24) is 9.96 Å². The van der Waals surface area contributed by atoms with E-state index >= 15 is 0 Å². The Morgan fingerprint density at radius 3 is 2.31 bits per heavy atom. The molecule has 3 rings (SSSR count). The quantitative estimate of drug-likeness (QED) is 0.554. The number of hydrogen-bond acceptors (Lipinski definition) is 6. The standard InChI is InChI=1S/C5H9N2O5P/c1-6(2)4(8)5-7(3)12-13(9,10-5)11-5/h1-3H3. The minimum atomic E-state index is -3.44. The van der Waals surface area contributed by atoms with Gasteiger partial charge in [-0.2, -0.15) is 4.62 Å². The average molecular weight is 208 g/mol. The second-order valence-electron chi connectivity index (χ2n) is 2.99. The minimum Gasteiger partial charge on any atom is -0.343 e. The molecule has 1 amide bonds. The normalized spacial score (nSPS) is 43.0. The molecule has 2 bridgehead atoms. The molecule has 0 saturated carbocycles. The third-order valence-corrected chi connectivity index (χ3v) is 3.17. The van der Waals surface area contributed by atoms with E-state index < -0.39 is 19.6 Å². The van der Waals surface area contributed by atoms with Gasteiger partial charge in [-0.25, -0.2) is 13.6 Å². The summed E-state index contributed by atoms with van der Waals surface area (Å²) in [6.07, 6.45) is 0. The summed E-state index contributed by atoms with van der Waals surface area (Å²) in [4.78, 5) is 12.8. The summed E-state index contributed by atoms with van der Waals surface area (Å²) in [5, 5.41) is 1.02. The number of phosphoric acid groups is 1. The number of carbonyl (C=O) groups excluding carboxylic acids is 1. The molecule has 7 nitrogen and oxygen atoms in total. The zero-order valence-corrected chi connectivity index (χ0v) is 8.28. The van der Waals surface area contributed by atoms with Crippen LogP contribution >= 0.6 is 7.82 Å². The van der Waals surface area contributed by atoms with Crippen LogP contribution in [-0.2, 0) is 23.0 Å². The lowest BCUT2D eigenvalue weighted by Gasteiger charge is -2.34. The van der Waals surface area contributed by atoms with E-state index in [1.165, 1.54) is 11.9 Å². The van der Waals surface area contributed by atoms with E-state index in [-0.39, 0.29) is 0 Å². The lowest BCUT2D eigenvalue weighted by Crippen LogP contribution is -2.57. The number of rotatable bonds is 1. The first-order valence-electron chi connectivity index (χ1n) is 3.56. The summed E-state index contributed by atoms with van der Waals surface area (Å²) in [6, 6.07) is 0. The van der Waals surface area contributed by atoms with Crippen molar-refractivity contribution < 1.29 is 23.0 Å². The molecule has 0 radical (unpaired) electrons. The topological polar surface area (TPSA) is 68.3 Å². The first kappa shape index (κ1) is 9.11. The van der Waals surface area contributed by atoms with Crippen LogP contribution in [0.25, 0.3) is 0 Å². The highest BCUT2D eigenvalue weighted by molar-refractivity contribution is 7.50. The molecule has 0 aromatic heterocycles. The molecule has 0 aliphatic carbocycles. The van der Waals surface area contributed by atoms with Crippen molar-refractivity contribution in [2.24, 2.45) is 0 Å². The van der Waals surface area contributed by atoms with Crippen LogP contribution < -0.4 is 0 Å². The van der Waals surface area contributed by atoms with Crippen LogP contribution in [0.2, 0.25) is 0 Å². The maximum atomic E-state index is 11.5. The molecular formula is C5H9N2O5P. The molecule has 0 spiro atoms. The predicted molar refractivity (Wildman–Crippen MR) is 40.0 cm³/mol. The van der Waals surface area contributed by atoms with E-state index in [0.717, 1.165) is 5.06 Å². The lowest BCUT2D eigenvalue weighted by atomic mass is 10.4. The second-order valence-corrected chi connectivity index (χ2v) is 4.41. The molecule has 0 aromatic rings. The first-order valence-corrected chi connectivity index (χ1v) is 5.02. The van der Waals surface area contributed by atoms with Gasteiger partial charge < -0.3 is 4.90 Å². The molecule has 3 aliphatic rings. The number of fused-ring (bicyclic) bond motifs is 1. The summed E-state index contributed by atoms with van der Waals surface area (Å²) >= 11 is 0. The fraction of sp³-hybridized carbons (Fsp3) is 0.800. The van der Waals surface area contributed by atoms with E-state index in [0.29, 0.717) is 0 Å². The van der Waals surface area contributed by atoms with Crippen LogP contribution in [0.4, 0.5) is 0 Å².